The highest BCUT2D eigenvalue weighted by molar-refractivity contribution is 8.15. The van der Waals surface area contributed by atoms with E-state index in [4.69, 9.17) is 0 Å². The van der Waals surface area contributed by atoms with Gasteiger partial charge in [-0.15, -0.1) is 5.10 Å². The van der Waals surface area contributed by atoms with E-state index >= 15 is 0 Å². The molecule has 22 heavy (non-hydrogen) atoms. The summed E-state index contributed by atoms with van der Waals surface area (Å²) in [4.78, 5) is 25.6. The van der Waals surface area contributed by atoms with Gasteiger partial charge in [0.1, 0.15) is 0 Å². The molecular formula is C16H17N3O2S. The Bertz CT molecular complexity index is 655. The summed E-state index contributed by atoms with van der Waals surface area (Å²) in [5.41, 5.74) is 1.53. The van der Waals surface area contributed by atoms with E-state index in [0.29, 0.717) is 16.6 Å². The molecule has 1 aliphatic carbocycles. The number of benzene rings is 1. The number of hydrogen-bond acceptors (Lipinski definition) is 5. The molecule has 0 spiro atoms. The van der Waals surface area contributed by atoms with Crippen molar-refractivity contribution in [2.45, 2.75) is 26.2 Å². The van der Waals surface area contributed by atoms with Crippen molar-refractivity contribution < 1.29 is 9.59 Å². The molecule has 2 fully saturated rings. The summed E-state index contributed by atoms with van der Waals surface area (Å²) in [6.07, 6.45) is 3.20. The molecule has 2 amide bonds. The molecule has 1 aromatic rings. The Morgan fingerprint density at radius 3 is 2.73 bits per heavy atom. The number of thioether (sulfide) groups is 1. The van der Waals surface area contributed by atoms with Crippen LogP contribution in [-0.2, 0) is 4.79 Å². The minimum atomic E-state index is -0.339. The van der Waals surface area contributed by atoms with Crippen molar-refractivity contribution in [2.24, 2.45) is 16.1 Å². The first-order valence-corrected chi connectivity index (χ1v) is 8.35. The van der Waals surface area contributed by atoms with Gasteiger partial charge >= 0.3 is 0 Å². The molecule has 1 unspecified atom stereocenters. The molecule has 0 radical (unpaired) electrons. The topological polar surface area (TPSA) is 62.1 Å². The average molecular weight is 315 g/mol. The summed E-state index contributed by atoms with van der Waals surface area (Å²) < 4.78 is 0. The van der Waals surface area contributed by atoms with Crippen molar-refractivity contribution in [3.8, 4) is 0 Å². The summed E-state index contributed by atoms with van der Waals surface area (Å²) in [5.74, 6) is 0.0914. The monoisotopic (exact) mass is 315 g/mol. The van der Waals surface area contributed by atoms with Crippen molar-refractivity contribution in [1.29, 1.82) is 0 Å². The van der Waals surface area contributed by atoms with Crippen LogP contribution in [0.25, 0.3) is 0 Å². The lowest BCUT2D eigenvalue weighted by Crippen LogP contribution is -2.35. The second kappa shape index (κ2) is 6.44. The van der Waals surface area contributed by atoms with Gasteiger partial charge in [0.25, 0.3) is 5.91 Å². The molecular weight excluding hydrogens is 298 g/mol. The highest BCUT2D eigenvalue weighted by atomic mass is 32.2. The predicted molar refractivity (Wildman–Crippen MR) is 88.0 cm³/mol. The highest BCUT2D eigenvalue weighted by Crippen LogP contribution is 2.25. The van der Waals surface area contributed by atoms with E-state index in [1.807, 2.05) is 6.07 Å². The maximum absolute atomic E-state index is 12.5. The van der Waals surface area contributed by atoms with Gasteiger partial charge in [-0.3, -0.25) is 9.59 Å². The summed E-state index contributed by atoms with van der Waals surface area (Å²) in [6, 6.07) is 8.78. The Morgan fingerprint density at radius 1 is 1.27 bits per heavy atom. The first-order chi connectivity index (χ1) is 10.7. The fourth-order valence-electron chi connectivity index (χ4n) is 2.60. The number of nitrogens with zero attached hydrogens (tertiary/aromatic N) is 3. The van der Waals surface area contributed by atoms with Crippen molar-refractivity contribution in [3.63, 3.8) is 0 Å². The largest absolute Gasteiger partial charge is 0.273 e. The summed E-state index contributed by atoms with van der Waals surface area (Å²) >= 11 is 1.26. The minimum absolute atomic E-state index is 0.234. The maximum Gasteiger partial charge on any atom is 0.266 e. The van der Waals surface area contributed by atoms with E-state index in [0.717, 1.165) is 29.9 Å². The molecule has 6 heteroatoms. The van der Waals surface area contributed by atoms with Crippen molar-refractivity contribution >= 4 is 34.5 Å². The average Bonchev–Trinajstić information content (AvgIpc) is 3.11. The third-order valence-electron chi connectivity index (χ3n) is 3.89. The van der Waals surface area contributed by atoms with Gasteiger partial charge in [-0.2, -0.15) is 5.10 Å². The van der Waals surface area contributed by atoms with Crippen molar-refractivity contribution in [2.75, 3.05) is 5.75 Å². The van der Waals surface area contributed by atoms with Gasteiger partial charge in [0.2, 0.25) is 5.91 Å². The first kappa shape index (κ1) is 15.0. The quantitative estimate of drug-likeness (QED) is 0.622. The van der Waals surface area contributed by atoms with Crippen LogP contribution in [0.15, 0.2) is 40.5 Å². The SMILES string of the molecule is CC1CCC/C1=N/N=C1/SCC(=O)N1C(=O)c1ccccc1. The Labute approximate surface area is 133 Å². The zero-order chi connectivity index (χ0) is 15.5. The Balaban J connectivity index is 1.85. The van der Waals surface area contributed by atoms with Gasteiger partial charge < -0.3 is 0 Å². The van der Waals surface area contributed by atoms with E-state index in [1.165, 1.54) is 11.8 Å². The van der Waals surface area contributed by atoms with Crippen LogP contribution in [0.4, 0.5) is 0 Å². The first-order valence-electron chi connectivity index (χ1n) is 7.36. The lowest BCUT2D eigenvalue weighted by atomic mass is 10.1. The van der Waals surface area contributed by atoms with Crippen LogP contribution in [0.2, 0.25) is 0 Å². The number of amidine groups is 1. The van der Waals surface area contributed by atoms with E-state index in [1.54, 1.807) is 24.3 Å². The van der Waals surface area contributed by atoms with E-state index in [-0.39, 0.29) is 17.6 Å². The Morgan fingerprint density at radius 2 is 2.05 bits per heavy atom. The fraction of sp³-hybridized carbons (Fsp3) is 0.375. The third kappa shape index (κ3) is 2.97. The number of rotatable bonds is 2. The predicted octanol–water partition coefficient (Wildman–Crippen LogP) is 2.93. The standard InChI is InChI=1S/C16H17N3O2S/c1-11-6-5-9-13(11)17-18-16-19(14(20)10-22-16)15(21)12-7-3-2-4-8-12/h2-4,7-8,11H,5-6,9-10H2,1H3/b17-13-,18-16+. The molecule has 0 bridgehead atoms. The van der Waals surface area contributed by atoms with E-state index in [2.05, 4.69) is 17.1 Å². The second-order valence-corrected chi connectivity index (χ2v) is 6.40. The highest BCUT2D eigenvalue weighted by Gasteiger charge is 2.34. The summed E-state index contributed by atoms with van der Waals surface area (Å²) in [6.45, 7) is 2.13. The smallest absolute Gasteiger partial charge is 0.266 e. The van der Waals surface area contributed by atoms with Gasteiger partial charge in [-0.05, 0) is 37.3 Å². The zero-order valence-corrected chi connectivity index (χ0v) is 13.2. The maximum atomic E-state index is 12.5. The van der Waals surface area contributed by atoms with E-state index in [9.17, 15) is 9.59 Å². The molecule has 0 aromatic heterocycles. The van der Waals surface area contributed by atoms with Gasteiger partial charge in [-0.25, -0.2) is 4.90 Å². The van der Waals surface area contributed by atoms with Crippen LogP contribution >= 0.6 is 11.8 Å². The molecule has 1 aromatic carbocycles. The van der Waals surface area contributed by atoms with Crippen LogP contribution in [0.1, 0.15) is 36.5 Å². The van der Waals surface area contributed by atoms with Crippen LogP contribution in [-0.4, -0.2) is 33.3 Å². The lowest BCUT2D eigenvalue weighted by Gasteiger charge is -2.13. The summed E-state index contributed by atoms with van der Waals surface area (Å²) in [5, 5.41) is 8.85. The number of imide groups is 1. The van der Waals surface area contributed by atoms with Crippen LogP contribution in [0, 0.1) is 5.92 Å². The second-order valence-electron chi connectivity index (χ2n) is 5.46. The van der Waals surface area contributed by atoms with E-state index < -0.39 is 0 Å². The molecule has 5 nitrogen and oxygen atoms in total. The molecule has 2 aliphatic rings. The molecule has 0 N–H and O–H groups in total. The van der Waals surface area contributed by atoms with Gasteiger partial charge in [0, 0.05) is 11.3 Å². The molecule has 1 heterocycles. The van der Waals surface area contributed by atoms with Gasteiger partial charge in [0.05, 0.1) is 5.75 Å². The van der Waals surface area contributed by atoms with Crippen LogP contribution in [0.5, 0.6) is 0 Å². The molecule has 1 atom stereocenters. The zero-order valence-electron chi connectivity index (χ0n) is 12.4. The minimum Gasteiger partial charge on any atom is -0.273 e. The molecule has 1 aliphatic heterocycles. The fourth-order valence-corrected chi connectivity index (χ4v) is 3.40. The van der Waals surface area contributed by atoms with Gasteiger partial charge in [0.15, 0.2) is 5.17 Å². The third-order valence-corrected chi connectivity index (χ3v) is 4.81. The number of amides is 2. The van der Waals surface area contributed by atoms with Gasteiger partial charge in [-0.1, -0.05) is 36.9 Å². The molecule has 1 saturated heterocycles. The van der Waals surface area contributed by atoms with Crippen molar-refractivity contribution in [1.82, 2.24) is 4.90 Å². The number of hydrogen-bond donors (Lipinski definition) is 0. The Kier molecular flexibility index (Phi) is 4.38. The van der Waals surface area contributed by atoms with Crippen LogP contribution in [0.3, 0.4) is 0 Å². The normalized spacial score (nSPS) is 25.4. The molecule has 3 rings (SSSR count). The molecule has 114 valence electrons. The summed E-state index contributed by atoms with van der Waals surface area (Å²) in [7, 11) is 0. The van der Waals surface area contributed by atoms with Crippen molar-refractivity contribution in [3.05, 3.63) is 35.9 Å². The lowest BCUT2D eigenvalue weighted by molar-refractivity contribution is -0.122. The van der Waals surface area contributed by atoms with Crippen LogP contribution < -0.4 is 0 Å². The molecule has 1 saturated carbocycles. The Hall–Kier alpha value is -1.95. The number of carbonyl (C=O) groups excluding carboxylic acids is 2. The number of carbonyl (C=O) groups is 2.